The molecule has 1 amide bonds. The number of hydrogen-bond donors (Lipinski definition) is 1. The Morgan fingerprint density at radius 2 is 2.25 bits per heavy atom. The van der Waals surface area contributed by atoms with E-state index in [4.69, 9.17) is 16.3 Å². The molecule has 4 nitrogen and oxygen atoms in total. The molecular formula is C14H15ClN2O2S. The number of halogens is 1. The highest BCUT2D eigenvalue weighted by Crippen LogP contribution is 2.24. The summed E-state index contributed by atoms with van der Waals surface area (Å²) in [5.41, 5.74) is 1.05. The van der Waals surface area contributed by atoms with Crippen LogP contribution >= 0.6 is 22.9 Å². The quantitative estimate of drug-likeness (QED) is 0.890. The van der Waals surface area contributed by atoms with E-state index in [9.17, 15) is 4.79 Å². The highest BCUT2D eigenvalue weighted by Gasteiger charge is 2.08. The summed E-state index contributed by atoms with van der Waals surface area (Å²) < 4.78 is 5.03. The zero-order valence-electron chi connectivity index (χ0n) is 11.1. The highest BCUT2D eigenvalue weighted by molar-refractivity contribution is 7.15. The second-order valence-corrected chi connectivity index (χ2v) is 5.61. The Morgan fingerprint density at radius 1 is 1.45 bits per heavy atom. The van der Waals surface area contributed by atoms with Gasteiger partial charge in [-0.1, -0.05) is 29.8 Å². The molecule has 0 aliphatic heterocycles. The molecule has 1 aromatic carbocycles. The molecule has 1 N–H and O–H groups in total. The van der Waals surface area contributed by atoms with E-state index in [0.29, 0.717) is 18.2 Å². The lowest BCUT2D eigenvalue weighted by atomic mass is 10.1. The van der Waals surface area contributed by atoms with Crippen molar-refractivity contribution in [2.45, 2.75) is 13.3 Å². The molecule has 20 heavy (non-hydrogen) atoms. The summed E-state index contributed by atoms with van der Waals surface area (Å²) in [6.45, 7) is 2.41. The number of thiazole rings is 1. The molecule has 1 aromatic heterocycles. The monoisotopic (exact) mass is 310 g/mol. The molecular weight excluding hydrogens is 296 g/mol. The van der Waals surface area contributed by atoms with Gasteiger partial charge in [0.25, 0.3) is 5.91 Å². The van der Waals surface area contributed by atoms with Crippen molar-refractivity contribution >= 4 is 34.0 Å². The first-order chi connectivity index (χ1) is 9.69. The lowest BCUT2D eigenvalue weighted by Gasteiger charge is -2.01. The van der Waals surface area contributed by atoms with Crippen molar-refractivity contribution in [1.29, 1.82) is 0 Å². The number of anilines is 1. The largest absolute Gasteiger partial charge is 0.372 e. The molecule has 106 valence electrons. The van der Waals surface area contributed by atoms with Crippen LogP contribution in [0.4, 0.5) is 5.13 Å². The molecule has 0 aliphatic carbocycles. The van der Waals surface area contributed by atoms with Gasteiger partial charge in [-0.25, -0.2) is 4.98 Å². The first-order valence-corrected chi connectivity index (χ1v) is 7.44. The normalized spacial score (nSPS) is 10.5. The molecule has 2 rings (SSSR count). The Bertz CT molecular complexity index is 586. The van der Waals surface area contributed by atoms with Gasteiger partial charge in [0, 0.05) is 29.1 Å². The Hall–Kier alpha value is -1.43. The number of amides is 1. The fourth-order valence-electron chi connectivity index (χ4n) is 1.63. The first kappa shape index (κ1) is 15.0. The average molecular weight is 311 g/mol. The molecule has 0 atom stereocenters. The van der Waals surface area contributed by atoms with Gasteiger partial charge in [0.05, 0.1) is 0 Å². The summed E-state index contributed by atoms with van der Waals surface area (Å²) in [6.07, 6.45) is 2.46. The second-order valence-electron chi connectivity index (χ2n) is 4.09. The second kappa shape index (κ2) is 7.38. The van der Waals surface area contributed by atoms with E-state index in [-0.39, 0.29) is 12.5 Å². The number of hydrogen-bond acceptors (Lipinski definition) is 4. The molecule has 2 aromatic rings. The van der Waals surface area contributed by atoms with Crippen LogP contribution in [-0.2, 0) is 16.0 Å². The van der Waals surface area contributed by atoms with Gasteiger partial charge in [0.2, 0.25) is 0 Å². The smallest absolute Gasteiger partial charge is 0.252 e. The molecule has 1 heterocycles. The summed E-state index contributed by atoms with van der Waals surface area (Å²) in [7, 11) is 0. The molecule has 0 radical (unpaired) electrons. The molecule has 0 spiro atoms. The Labute approximate surface area is 126 Å². The van der Waals surface area contributed by atoms with Crippen LogP contribution in [-0.4, -0.2) is 24.1 Å². The summed E-state index contributed by atoms with van der Waals surface area (Å²) >= 11 is 7.56. The Balaban J connectivity index is 1.96. The van der Waals surface area contributed by atoms with E-state index < -0.39 is 0 Å². The summed E-state index contributed by atoms with van der Waals surface area (Å²) in [5, 5.41) is 4.03. The minimum absolute atomic E-state index is 0.0515. The number of aromatic nitrogens is 1. The van der Waals surface area contributed by atoms with Gasteiger partial charge in [-0.3, -0.25) is 10.1 Å². The van der Waals surface area contributed by atoms with Gasteiger partial charge in [0.1, 0.15) is 6.61 Å². The number of benzene rings is 1. The zero-order valence-corrected chi connectivity index (χ0v) is 12.6. The van der Waals surface area contributed by atoms with Crippen LogP contribution in [0.3, 0.4) is 0 Å². The molecule has 0 saturated carbocycles. The van der Waals surface area contributed by atoms with E-state index in [2.05, 4.69) is 10.3 Å². The van der Waals surface area contributed by atoms with Gasteiger partial charge in [-0.2, -0.15) is 0 Å². The standard InChI is InChI=1S/C14H15ClN2O2S/c1-2-19-9-13(18)17-14-16-8-11(20-14)7-10-5-3-4-6-12(10)15/h3-6,8H,2,7,9H2,1H3,(H,16,17,18). The lowest BCUT2D eigenvalue weighted by molar-refractivity contribution is -0.120. The van der Waals surface area contributed by atoms with Gasteiger partial charge in [0.15, 0.2) is 5.13 Å². The Morgan fingerprint density at radius 3 is 3.00 bits per heavy atom. The first-order valence-electron chi connectivity index (χ1n) is 6.24. The highest BCUT2D eigenvalue weighted by atomic mass is 35.5. The number of nitrogens with zero attached hydrogens (tertiary/aromatic N) is 1. The number of carbonyl (C=O) groups is 1. The van der Waals surface area contributed by atoms with Crippen molar-refractivity contribution in [1.82, 2.24) is 4.98 Å². The third-order valence-electron chi connectivity index (χ3n) is 2.56. The van der Waals surface area contributed by atoms with Crippen molar-refractivity contribution in [3.63, 3.8) is 0 Å². The number of nitrogens with one attached hydrogen (secondary N) is 1. The van der Waals surface area contributed by atoms with Gasteiger partial charge < -0.3 is 4.74 Å². The Kier molecular flexibility index (Phi) is 5.52. The van der Waals surface area contributed by atoms with E-state index in [0.717, 1.165) is 15.5 Å². The minimum Gasteiger partial charge on any atom is -0.372 e. The molecule has 0 aliphatic rings. The maximum atomic E-state index is 11.5. The van der Waals surface area contributed by atoms with Crippen LogP contribution < -0.4 is 5.32 Å². The third-order valence-corrected chi connectivity index (χ3v) is 3.84. The van der Waals surface area contributed by atoms with Crippen molar-refractivity contribution in [2.24, 2.45) is 0 Å². The summed E-state index contributed by atoms with van der Waals surface area (Å²) in [6, 6.07) is 7.70. The van der Waals surface area contributed by atoms with Crippen LogP contribution in [0.2, 0.25) is 5.02 Å². The van der Waals surface area contributed by atoms with Crippen LogP contribution in [0.1, 0.15) is 17.4 Å². The fraction of sp³-hybridized carbons (Fsp3) is 0.286. The van der Waals surface area contributed by atoms with E-state index in [1.165, 1.54) is 11.3 Å². The van der Waals surface area contributed by atoms with Crippen molar-refractivity contribution < 1.29 is 9.53 Å². The predicted molar refractivity (Wildman–Crippen MR) is 81.5 cm³/mol. The fourth-order valence-corrected chi connectivity index (χ4v) is 2.68. The molecule has 6 heteroatoms. The SMILES string of the molecule is CCOCC(=O)Nc1ncc(Cc2ccccc2Cl)s1. The summed E-state index contributed by atoms with van der Waals surface area (Å²) in [5.74, 6) is -0.189. The summed E-state index contributed by atoms with van der Waals surface area (Å²) in [4.78, 5) is 16.7. The zero-order chi connectivity index (χ0) is 14.4. The molecule has 0 bridgehead atoms. The van der Waals surface area contributed by atoms with E-state index in [1.54, 1.807) is 6.20 Å². The van der Waals surface area contributed by atoms with Gasteiger partial charge in [-0.05, 0) is 18.6 Å². The van der Waals surface area contributed by atoms with Gasteiger partial charge >= 0.3 is 0 Å². The van der Waals surface area contributed by atoms with Crippen molar-refractivity contribution in [3.05, 3.63) is 45.9 Å². The van der Waals surface area contributed by atoms with Crippen molar-refractivity contribution in [2.75, 3.05) is 18.5 Å². The maximum Gasteiger partial charge on any atom is 0.252 e. The third kappa shape index (κ3) is 4.30. The number of rotatable bonds is 6. The number of ether oxygens (including phenoxy) is 1. The number of carbonyl (C=O) groups excluding carboxylic acids is 1. The topological polar surface area (TPSA) is 51.2 Å². The van der Waals surface area contributed by atoms with E-state index in [1.807, 2.05) is 31.2 Å². The molecule has 0 saturated heterocycles. The molecule has 0 fully saturated rings. The van der Waals surface area contributed by atoms with Crippen LogP contribution in [0.5, 0.6) is 0 Å². The lowest BCUT2D eigenvalue weighted by Crippen LogP contribution is -2.17. The van der Waals surface area contributed by atoms with Gasteiger partial charge in [-0.15, -0.1) is 11.3 Å². The van der Waals surface area contributed by atoms with Crippen LogP contribution in [0.25, 0.3) is 0 Å². The molecule has 0 unspecified atom stereocenters. The van der Waals surface area contributed by atoms with Crippen LogP contribution in [0.15, 0.2) is 30.5 Å². The maximum absolute atomic E-state index is 11.5. The average Bonchev–Trinajstić information content (AvgIpc) is 2.86. The van der Waals surface area contributed by atoms with Crippen LogP contribution in [0, 0.1) is 0 Å². The van der Waals surface area contributed by atoms with E-state index >= 15 is 0 Å². The minimum atomic E-state index is -0.189. The predicted octanol–water partition coefficient (Wildman–Crippen LogP) is 3.36. The van der Waals surface area contributed by atoms with Crippen molar-refractivity contribution in [3.8, 4) is 0 Å².